The summed E-state index contributed by atoms with van der Waals surface area (Å²) in [4.78, 5) is 19.7. The van der Waals surface area contributed by atoms with Crippen LogP contribution in [0, 0.1) is 6.92 Å². The normalized spacial score (nSPS) is 18.5. The fourth-order valence-electron chi connectivity index (χ4n) is 4.09. The van der Waals surface area contributed by atoms with E-state index in [1.807, 2.05) is 53.8 Å². The number of rotatable bonds is 2. The molecule has 2 aromatic carbocycles. The lowest BCUT2D eigenvalue weighted by atomic mass is 9.92. The number of hydrogen-bond acceptors (Lipinski definition) is 3. The van der Waals surface area contributed by atoms with E-state index in [1.165, 1.54) is 0 Å². The molecule has 0 spiro atoms. The van der Waals surface area contributed by atoms with E-state index in [0.29, 0.717) is 5.02 Å². The Hall–Kier alpha value is -2.53. The molecule has 2 aliphatic heterocycles. The van der Waals surface area contributed by atoms with E-state index in [9.17, 15) is 4.79 Å². The van der Waals surface area contributed by atoms with Crippen LogP contribution < -0.4 is 4.74 Å². The second-order valence-corrected chi connectivity index (χ2v) is 8.10. The van der Waals surface area contributed by atoms with Crippen LogP contribution >= 0.6 is 11.6 Å². The molecular formula is C22H22ClN3O2. The lowest BCUT2D eigenvalue weighted by molar-refractivity contribution is 0.0648. The molecular weight excluding hydrogens is 374 g/mol. The van der Waals surface area contributed by atoms with E-state index in [0.717, 1.165) is 71.6 Å². The molecule has 1 saturated heterocycles. The summed E-state index contributed by atoms with van der Waals surface area (Å²) in [5, 5.41) is 0.713. The van der Waals surface area contributed by atoms with Crippen LogP contribution in [0.3, 0.4) is 0 Å². The van der Waals surface area contributed by atoms with Crippen LogP contribution in [0.5, 0.6) is 5.75 Å². The summed E-state index contributed by atoms with van der Waals surface area (Å²) < 4.78 is 8.50. The summed E-state index contributed by atoms with van der Waals surface area (Å²) in [7, 11) is 1.98. The van der Waals surface area contributed by atoms with E-state index in [2.05, 4.69) is 0 Å². The highest BCUT2D eigenvalue weighted by Gasteiger charge is 2.32. The first-order chi connectivity index (χ1) is 13.5. The van der Waals surface area contributed by atoms with Gasteiger partial charge in [-0.1, -0.05) is 23.7 Å². The molecule has 1 atom stereocenters. The summed E-state index contributed by atoms with van der Waals surface area (Å²) in [5.41, 5.74) is 4.63. The van der Waals surface area contributed by atoms with E-state index < -0.39 is 0 Å². The summed E-state index contributed by atoms with van der Waals surface area (Å²) in [5.74, 6) is 1.77. The van der Waals surface area contributed by atoms with Gasteiger partial charge in [0.2, 0.25) is 0 Å². The third kappa shape index (κ3) is 2.68. The summed E-state index contributed by atoms with van der Waals surface area (Å²) in [6.45, 7) is 3.65. The second kappa shape index (κ2) is 6.52. The Morgan fingerprint density at radius 2 is 2.00 bits per heavy atom. The molecule has 0 saturated carbocycles. The Balaban J connectivity index is 1.63. The number of amides is 1. The molecule has 1 fully saturated rings. The predicted octanol–water partition coefficient (Wildman–Crippen LogP) is 4.45. The van der Waals surface area contributed by atoms with Crippen molar-refractivity contribution in [1.82, 2.24) is 14.5 Å². The summed E-state index contributed by atoms with van der Waals surface area (Å²) >= 11 is 6.04. The van der Waals surface area contributed by atoms with Crippen molar-refractivity contribution in [1.29, 1.82) is 0 Å². The summed E-state index contributed by atoms with van der Waals surface area (Å²) in [6, 6.07) is 9.79. The number of carbonyl (C=O) groups excluding carboxylic acids is 1. The minimum Gasteiger partial charge on any atom is -0.483 e. The van der Waals surface area contributed by atoms with Gasteiger partial charge in [-0.25, -0.2) is 4.98 Å². The monoisotopic (exact) mass is 395 g/mol. The first kappa shape index (κ1) is 17.6. The zero-order valence-electron chi connectivity index (χ0n) is 16.0. The number of aryl methyl sites for hydroxylation is 2. The van der Waals surface area contributed by atoms with Crippen LogP contribution in [-0.2, 0) is 13.5 Å². The predicted molar refractivity (Wildman–Crippen MR) is 109 cm³/mol. The fourth-order valence-corrected chi connectivity index (χ4v) is 4.22. The van der Waals surface area contributed by atoms with Crippen molar-refractivity contribution >= 4 is 28.5 Å². The summed E-state index contributed by atoms with van der Waals surface area (Å²) in [6.07, 6.45) is 2.63. The van der Waals surface area contributed by atoms with Crippen molar-refractivity contribution in [2.45, 2.75) is 32.3 Å². The molecule has 144 valence electrons. The van der Waals surface area contributed by atoms with Gasteiger partial charge in [0.05, 0.1) is 5.52 Å². The SMILES string of the molecule is Cc1nc2c3c(c(C(=O)N4CCC4)cc2n1C)CC[C@@H](c1ccc(Cl)cc1)O3. The van der Waals surface area contributed by atoms with E-state index >= 15 is 0 Å². The van der Waals surface area contributed by atoms with Crippen molar-refractivity contribution in [2.24, 2.45) is 7.05 Å². The number of halogens is 1. The van der Waals surface area contributed by atoms with Crippen molar-refractivity contribution in [3.63, 3.8) is 0 Å². The van der Waals surface area contributed by atoms with Crippen LogP contribution in [0.4, 0.5) is 0 Å². The maximum absolute atomic E-state index is 13.1. The number of hydrogen-bond donors (Lipinski definition) is 0. The molecule has 6 heteroatoms. The number of nitrogens with zero attached hydrogens (tertiary/aromatic N) is 3. The number of likely N-dealkylation sites (tertiary alicyclic amines) is 1. The average Bonchev–Trinajstić information content (AvgIpc) is 2.94. The number of fused-ring (bicyclic) bond motifs is 3. The molecule has 3 heterocycles. The highest BCUT2D eigenvalue weighted by atomic mass is 35.5. The topological polar surface area (TPSA) is 47.4 Å². The van der Waals surface area contributed by atoms with Gasteiger partial charge in [-0.05, 0) is 49.9 Å². The van der Waals surface area contributed by atoms with E-state index in [-0.39, 0.29) is 12.0 Å². The molecule has 3 aromatic rings. The molecule has 1 amide bonds. The molecule has 0 N–H and O–H groups in total. The third-order valence-electron chi connectivity index (χ3n) is 5.99. The Labute approximate surface area is 168 Å². The van der Waals surface area contributed by atoms with Gasteiger partial charge in [0.25, 0.3) is 5.91 Å². The first-order valence-electron chi connectivity index (χ1n) is 9.73. The van der Waals surface area contributed by atoms with E-state index in [1.54, 1.807) is 0 Å². The molecule has 5 rings (SSSR count). The largest absolute Gasteiger partial charge is 0.483 e. The van der Waals surface area contributed by atoms with Gasteiger partial charge in [0.1, 0.15) is 17.4 Å². The van der Waals surface area contributed by atoms with Gasteiger partial charge in [-0.2, -0.15) is 0 Å². The Kier molecular flexibility index (Phi) is 4.09. The van der Waals surface area contributed by atoms with Crippen LogP contribution in [0.15, 0.2) is 30.3 Å². The van der Waals surface area contributed by atoms with Gasteiger partial charge in [-0.3, -0.25) is 4.79 Å². The van der Waals surface area contributed by atoms with Crippen LogP contribution in [-0.4, -0.2) is 33.4 Å². The first-order valence-corrected chi connectivity index (χ1v) is 10.1. The zero-order chi connectivity index (χ0) is 19.4. The average molecular weight is 396 g/mol. The van der Waals surface area contributed by atoms with Gasteiger partial charge < -0.3 is 14.2 Å². The van der Waals surface area contributed by atoms with Crippen LogP contribution in [0.2, 0.25) is 5.02 Å². The maximum atomic E-state index is 13.1. The number of ether oxygens (including phenoxy) is 1. The minimum absolute atomic E-state index is 0.0651. The van der Waals surface area contributed by atoms with Crippen LogP contribution in [0.1, 0.15) is 46.3 Å². The molecule has 0 aliphatic carbocycles. The van der Waals surface area contributed by atoms with Crippen LogP contribution in [0.25, 0.3) is 11.0 Å². The number of imidazole rings is 1. The molecule has 5 nitrogen and oxygen atoms in total. The van der Waals surface area contributed by atoms with Gasteiger partial charge in [-0.15, -0.1) is 0 Å². The minimum atomic E-state index is -0.0651. The highest BCUT2D eigenvalue weighted by molar-refractivity contribution is 6.30. The van der Waals surface area contributed by atoms with E-state index in [4.69, 9.17) is 21.3 Å². The highest BCUT2D eigenvalue weighted by Crippen LogP contribution is 2.42. The van der Waals surface area contributed by atoms with Crippen molar-refractivity contribution < 1.29 is 9.53 Å². The molecule has 0 bridgehead atoms. The molecule has 1 aromatic heterocycles. The molecule has 0 radical (unpaired) electrons. The van der Waals surface area contributed by atoms with Gasteiger partial charge >= 0.3 is 0 Å². The quantitative estimate of drug-likeness (QED) is 0.644. The fraction of sp³-hybridized carbons (Fsp3) is 0.364. The Morgan fingerprint density at radius 3 is 2.68 bits per heavy atom. The third-order valence-corrected chi connectivity index (χ3v) is 6.24. The van der Waals surface area contributed by atoms with Crippen molar-refractivity contribution in [3.8, 4) is 5.75 Å². The zero-order valence-corrected chi connectivity index (χ0v) is 16.8. The number of aromatic nitrogens is 2. The smallest absolute Gasteiger partial charge is 0.254 e. The number of carbonyl (C=O) groups is 1. The Morgan fingerprint density at radius 1 is 1.25 bits per heavy atom. The molecule has 0 unspecified atom stereocenters. The molecule has 2 aliphatic rings. The second-order valence-electron chi connectivity index (χ2n) is 7.66. The lowest BCUT2D eigenvalue weighted by Crippen LogP contribution is -2.42. The van der Waals surface area contributed by atoms with Gasteiger partial charge in [0, 0.05) is 36.3 Å². The lowest BCUT2D eigenvalue weighted by Gasteiger charge is -2.33. The van der Waals surface area contributed by atoms with Gasteiger partial charge in [0.15, 0.2) is 5.75 Å². The van der Waals surface area contributed by atoms with Crippen molar-refractivity contribution in [3.05, 3.63) is 57.9 Å². The van der Waals surface area contributed by atoms with Crippen molar-refractivity contribution in [2.75, 3.05) is 13.1 Å². The standard InChI is InChI=1S/C22H22ClN3O2/c1-13-24-20-18(25(13)2)12-17(22(27)26-10-3-11-26)16-8-9-19(28-21(16)20)14-4-6-15(23)7-5-14/h4-7,12,19H,3,8-11H2,1-2H3/t19-/m0/s1. The number of benzene rings is 2. The molecule has 28 heavy (non-hydrogen) atoms. The Bertz CT molecular complexity index is 1080. The maximum Gasteiger partial charge on any atom is 0.254 e.